The molecule has 0 spiro atoms. The normalized spacial score (nSPS) is 10.5. The summed E-state index contributed by atoms with van der Waals surface area (Å²) < 4.78 is 11.0. The highest BCUT2D eigenvalue weighted by atomic mass is 16.5. The summed E-state index contributed by atoms with van der Waals surface area (Å²) in [6.07, 6.45) is 3.25. The van der Waals surface area contributed by atoms with Crippen molar-refractivity contribution < 1.29 is 9.47 Å². The number of nitrogens with one attached hydrogen (secondary N) is 1. The van der Waals surface area contributed by atoms with Gasteiger partial charge in [0.2, 0.25) is 0 Å². The van der Waals surface area contributed by atoms with Crippen LogP contribution in [0, 0.1) is 11.3 Å². The molecule has 6 nitrogen and oxygen atoms in total. The molecule has 0 radical (unpaired) electrons. The van der Waals surface area contributed by atoms with Crippen molar-refractivity contribution in [1.82, 2.24) is 9.97 Å². The molecule has 120 valence electrons. The lowest BCUT2D eigenvalue weighted by Gasteiger charge is -2.10. The van der Waals surface area contributed by atoms with Crippen LogP contribution in [0.15, 0.2) is 36.7 Å². The van der Waals surface area contributed by atoms with Gasteiger partial charge < -0.3 is 14.8 Å². The Morgan fingerprint density at radius 3 is 2.83 bits per heavy atom. The van der Waals surface area contributed by atoms with Crippen LogP contribution in [0.5, 0.6) is 0 Å². The van der Waals surface area contributed by atoms with Crippen molar-refractivity contribution in [3.8, 4) is 6.07 Å². The number of hydrogen-bond donors (Lipinski definition) is 1. The van der Waals surface area contributed by atoms with Crippen molar-refractivity contribution in [1.29, 1.82) is 5.26 Å². The Morgan fingerprint density at radius 2 is 2.04 bits per heavy atom. The Morgan fingerprint density at radius 1 is 1.22 bits per heavy atom. The maximum atomic E-state index is 9.03. The van der Waals surface area contributed by atoms with E-state index in [1.807, 2.05) is 44.2 Å². The molecule has 0 fully saturated rings. The smallest absolute Gasteiger partial charge is 0.183 e. The molecule has 0 atom stereocenters. The summed E-state index contributed by atoms with van der Waals surface area (Å²) in [6, 6.07) is 9.78. The SMILES string of the molecule is CC(C)OCCOCc1cccc(Nc2nccnc2C#N)c1. The summed E-state index contributed by atoms with van der Waals surface area (Å²) in [4.78, 5) is 8.11. The second-order valence-electron chi connectivity index (χ2n) is 5.16. The fourth-order valence-electron chi connectivity index (χ4n) is 1.92. The zero-order valence-electron chi connectivity index (χ0n) is 13.3. The number of ether oxygens (including phenoxy) is 2. The minimum Gasteiger partial charge on any atom is -0.376 e. The minimum atomic E-state index is 0.215. The van der Waals surface area contributed by atoms with E-state index in [0.29, 0.717) is 25.6 Å². The average Bonchev–Trinajstić information content (AvgIpc) is 2.55. The Kier molecular flexibility index (Phi) is 6.48. The van der Waals surface area contributed by atoms with Crippen LogP contribution >= 0.6 is 0 Å². The van der Waals surface area contributed by atoms with Gasteiger partial charge in [-0.15, -0.1) is 0 Å². The van der Waals surface area contributed by atoms with Crippen LogP contribution in [0.2, 0.25) is 0 Å². The first kappa shape index (κ1) is 16.9. The van der Waals surface area contributed by atoms with Gasteiger partial charge in [0.25, 0.3) is 0 Å². The molecule has 0 unspecified atom stereocenters. The summed E-state index contributed by atoms with van der Waals surface area (Å²) in [5.74, 6) is 0.443. The minimum absolute atomic E-state index is 0.215. The summed E-state index contributed by atoms with van der Waals surface area (Å²) in [7, 11) is 0. The Labute approximate surface area is 136 Å². The quantitative estimate of drug-likeness (QED) is 0.755. The van der Waals surface area contributed by atoms with Crippen molar-refractivity contribution in [2.45, 2.75) is 26.6 Å². The van der Waals surface area contributed by atoms with Gasteiger partial charge in [-0.05, 0) is 31.5 Å². The second kappa shape index (κ2) is 8.83. The maximum absolute atomic E-state index is 9.03. The maximum Gasteiger partial charge on any atom is 0.183 e. The van der Waals surface area contributed by atoms with E-state index in [1.54, 1.807) is 6.20 Å². The van der Waals surface area contributed by atoms with E-state index in [1.165, 1.54) is 6.20 Å². The van der Waals surface area contributed by atoms with Crippen molar-refractivity contribution in [2.75, 3.05) is 18.5 Å². The third-order valence-corrected chi connectivity index (χ3v) is 2.94. The van der Waals surface area contributed by atoms with Crippen molar-refractivity contribution in [2.24, 2.45) is 0 Å². The molecule has 0 saturated carbocycles. The number of anilines is 2. The molecule has 0 aliphatic rings. The third-order valence-electron chi connectivity index (χ3n) is 2.94. The number of aromatic nitrogens is 2. The Balaban J connectivity index is 1.91. The molecule has 2 rings (SSSR count). The van der Waals surface area contributed by atoms with Crippen LogP contribution in [0.3, 0.4) is 0 Å². The largest absolute Gasteiger partial charge is 0.376 e. The predicted molar refractivity (Wildman–Crippen MR) is 87.2 cm³/mol. The van der Waals surface area contributed by atoms with Crippen LogP contribution in [-0.2, 0) is 16.1 Å². The lowest BCUT2D eigenvalue weighted by atomic mass is 10.2. The molecule has 0 amide bonds. The monoisotopic (exact) mass is 312 g/mol. The number of nitrogens with zero attached hydrogens (tertiary/aromatic N) is 3. The Hall–Kier alpha value is -2.49. The molecule has 1 heterocycles. The molecule has 2 aromatic rings. The number of rotatable bonds is 8. The second-order valence-corrected chi connectivity index (χ2v) is 5.16. The molecule has 23 heavy (non-hydrogen) atoms. The molecular formula is C17H20N4O2. The highest BCUT2D eigenvalue weighted by molar-refractivity contribution is 5.60. The standard InChI is InChI=1S/C17H20N4O2/c1-13(2)23-9-8-22-12-14-4-3-5-15(10-14)21-17-16(11-18)19-6-7-20-17/h3-7,10,13H,8-9,12H2,1-2H3,(H,20,21). The highest BCUT2D eigenvalue weighted by Crippen LogP contribution is 2.18. The number of nitriles is 1. The summed E-state index contributed by atoms with van der Waals surface area (Å²) in [5, 5.41) is 12.1. The summed E-state index contributed by atoms with van der Waals surface area (Å²) in [6.45, 7) is 5.64. The number of benzene rings is 1. The van der Waals surface area contributed by atoms with Gasteiger partial charge in [0.1, 0.15) is 6.07 Å². The fraction of sp³-hybridized carbons (Fsp3) is 0.353. The van der Waals surface area contributed by atoms with E-state index in [-0.39, 0.29) is 11.8 Å². The average molecular weight is 312 g/mol. The fourth-order valence-corrected chi connectivity index (χ4v) is 1.92. The van der Waals surface area contributed by atoms with Crippen molar-refractivity contribution in [3.63, 3.8) is 0 Å². The lowest BCUT2D eigenvalue weighted by molar-refractivity contribution is 0.0143. The van der Waals surface area contributed by atoms with E-state index in [0.717, 1.165) is 11.3 Å². The van der Waals surface area contributed by atoms with Gasteiger partial charge in [0.05, 0.1) is 25.9 Å². The highest BCUT2D eigenvalue weighted by Gasteiger charge is 2.05. The van der Waals surface area contributed by atoms with E-state index < -0.39 is 0 Å². The predicted octanol–water partition coefficient (Wildman–Crippen LogP) is 3.03. The van der Waals surface area contributed by atoms with Crippen molar-refractivity contribution >= 4 is 11.5 Å². The number of hydrogen-bond acceptors (Lipinski definition) is 6. The van der Waals surface area contributed by atoms with E-state index in [9.17, 15) is 0 Å². The Bertz CT molecular complexity index is 668. The van der Waals surface area contributed by atoms with E-state index in [2.05, 4.69) is 15.3 Å². The van der Waals surface area contributed by atoms with Gasteiger partial charge in [-0.2, -0.15) is 5.26 Å². The van der Waals surface area contributed by atoms with Gasteiger partial charge in [0, 0.05) is 18.1 Å². The molecule has 6 heteroatoms. The molecular weight excluding hydrogens is 292 g/mol. The zero-order valence-corrected chi connectivity index (χ0v) is 13.3. The van der Waals surface area contributed by atoms with Crippen LogP contribution in [0.1, 0.15) is 25.1 Å². The van der Waals surface area contributed by atoms with E-state index in [4.69, 9.17) is 14.7 Å². The first-order valence-electron chi connectivity index (χ1n) is 7.45. The molecule has 1 aromatic heterocycles. The van der Waals surface area contributed by atoms with Crippen molar-refractivity contribution in [3.05, 3.63) is 47.9 Å². The van der Waals surface area contributed by atoms with E-state index >= 15 is 0 Å². The topological polar surface area (TPSA) is 80.1 Å². The molecule has 1 aromatic carbocycles. The van der Waals surface area contributed by atoms with Gasteiger partial charge in [-0.25, -0.2) is 9.97 Å². The van der Waals surface area contributed by atoms with Crippen LogP contribution in [0.4, 0.5) is 11.5 Å². The van der Waals surface area contributed by atoms with Gasteiger partial charge >= 0.3 is 0 Å². The lowest BCUT2D eigenvalue weighted by Crippen LogP contribution is -2.09. The molecule has 0 bridgehead atoms. The van der Waals surface area contributed by atoms with Crippen LogP contribution < -0.4 is 5.32 Å². The van der Waals surface area contributed by atoms with Crippen LogP contribution in [0.25, 0.3) is 0 Å². The van der Waals surface area contributed by atoms with Gasteiger partial charge in [0.15, 0.2) is 11.5 Å². The summed E-state index contributed by atoms with van der Waals surface area (Å²) in [5.41, 5.74) is 2.13. The third kappa shape index (κ3) is 5.66. The first-order valence-corrected chi connectivity index (χ1v) is 7.45. The zero-order chi connectivity index (χ0) is 16.5. The van der Waals surface area contributed by atoms with Gasteiger partial charge in [-0.1, -0.05) is 12.1 Å². The molecule has 1 N–H and O–H groups in total. The van der Waals surface area contributed by atoms with Crippen LogP contribution in [-0.4, -0.2) is 29.3 Å². The summed E-state index contributed by atoms with van der Waals surface area (Å²) >= 11 is 0. The first-order chi connectivity index (χ1) is 11.2. The molecule has 0 aliphatic carbocycles. The van der Waals surface area contributed by atoms with Gasteiger partial charge in [-0.3, -0.25) is 0 Å². The molecule has 0 aliphatic heterocycles. The molecule has 0 saturated heterocycles.